The third-order valence-corrected chi connectivity index (χ3v) is 7.43. The van der Waals surface area contributed by atoms with Crippen molar-refractivity contribution >= 4 is 35.1 Å². The summed E-state index contributed by atoms with van der Waals surface area (Å²) in [5, 5.41) is 14.5. The van der Waals surface area contributed by atoms with E-state index < -0.39 is 52.8 Å². The molecule has 0 bridgehead atoms. The van der Waals surface area contributed by atoms with Crippen molar-refractivity contribution in [3.05, 3.63) is 71.8 Å². The molecule has 0 radical (unpaired) electrons. The fourth-order valence-corrected chi connectivity index (χ4v) is 4.53. The molecule has 9 nitrogen and oxygen atoms in total. The standard InChI is InChI=1S/C33H42N2O7/c1-6-21(2)28(27(37)20-33(4,5)32(41)42)35-31(40)29(38)22(3)34-30(39)25(17-23-13-9-7-10-14-23)19-26(36)18-24-15-11-8-12-16-24/h7-16,21-22,25,28H,6,17-20H2,1-5H3,(H,34,39)(H,35,40)(H,41,42)/t21-,22?,25+,28-/m0/s1. The number of carbonyl (C=O) groups excluding carboxylic acids is 5. The van der Waals surface area contributed by atoms with Crippen molar-refractivity contribution < 1.29 is 33.9 Å². The summed E-state index contributed by atoms with van der Waals surface area (Å²) in [6, 6.07) is 16.1. The molecule has 42 heavy (non-hydrogen) atoms. The van der Waals surface area contributed by atoms with E-state index in [0.717, 1.165) is 11.1 Å². The first kappa shape index (κ1) is 34.1. The van der Waals surface area contributed by atoms with Crippen molar-refractivity contribution in [3.63, 3.8) is 0 Å². The molecule has 226 valence electrons. The van der Waals surface area contributed by atoms with Crippen LogP contribution < -0.4 is 10.6 Å². The summed E-state index contributed by atoms with van der Waals surface area (Å²) in [5.74, 6) is -5.42. The second-order valence-corrected chi connectivity index (χ2v) is 11.6. The molecule has 2 rings (SSSR count). The van der Waals surface area contributed by atoms with Gasteiger partial charge in [-0.25, -0.2) is 0 Å². The van der Waals surface area contributed by atoms with E-state index in [-0.39, 0.29) is 37.4 Å². The molecule has 9 heteroatoms. The van der Waals surface area contributed by atoms with Crippen LogP contribution in [0.2, 0.25) is 0 Å². The highest BCUT2D eigenvalue weighted by Crippen LogP contribution is 2.24. The van der Waals surface area contributed by atoms with E-state index in [1.54, 1.807) is 6.92 Å². The van der Waals surface area contributed by atoms with Gasteiger partial charge < -0.3 is 15.7 Å². The molecule has 0 heterocycles. The zero-order chi connectivity index (χ0) is 31.4. The molecule has 0 fully saturated rings. The molecule has 0 aliphatic rings. The number of hydrogen-bond acceptors (Lipinski definition) is 6. The number of nitrogens with one attached hydrogen (secondary N) is 2. The van der Waals surface area contributed by atoms with Crippen LogP contribution >= 0.6 is 0 Å². The number of carbonyl (C=O) groups is 6. The van der Waals surface area contributed by atoms with Crippen LogP contribution in [0.25, 0.3) is 0 Å². The van der Waals surface area contributed by atoms with Gasteiger partial charge in [0.1, 0.15) is 5.78 Å². The number of rotatable bonds is 17. The van der Waals surface area contributed by atoms with Crippen LogP contribution in [0.15, 0.2) is 60.7 Å². The third kappa shape index (κ3) is 10.4. The smallest absolute Gasteiger partial charge is 0.309 e. The van der Waals surface area contributed by atoms with Crippen molar-refractivity contribution in [2.75, 3.05) is 0 Å². The quantitative estimate of drug-likeness (QED) is 0.242. The third-order valence-electron chi connectivity index (χ3n) is 7.43. The van der Waals surface area contributed by atoms with Gasteiger partial charge in [0.15, 0.2) is 5.78 Å². The zero-order valence-corrected chi connectivity index (χ0v) is 25.0. The molecule has 0 saturated heterocycles. The molecular formula is C33H42N2O7. The van der Waals surface area contributed by atoms with Gasteiger partial charge in [0.25, 0.3) is 5.91 Å². The Hall–Kier alpha value is -4.14. The van der Waals surface area contributed by atoms with Gasteiger partial charge in [-0.3, -0.25) is 28.8 Å². The average Bonchev–Trinajstić information content (AvgIpc) is 2.95. The van der Waals surface area contributed by atoms with E-state index in [1.165, 1.54) is 20.8 Å². The van der Waals surface area contributed by atoms with Crippen LogP contribution in [-0.4, -0.2) is 52.3 Å². The molecule has 2 amide bonds. The highest BCUT2D eigenvalue weighted by Gasteiger charge is 2.37. The van der Waals surface area contributed by atoms with Gasteiger partial charge in [0.2, 0.25) is 11.7 Å². The molecule has 0 aromatic heterocycles. The minimum atomic E-state index is -1.34. The van der Waals surface area contributed by atoms with Crippen molar-refractivity contribution in [2.24, 2.45) is 17.3 Å². The minimum absolute atomic E-state index is 0.0489. The molecule has 2 aromatic carbocycles. The van der Waals surface area contributed by atoms with Crippen LogP contribution in [0, 0.1) is 17.3 Å². The maximum Gasteiger partial charge on any atom is 0.309 e. The van der Waals surface area contributed by atoms with E-state index in [0.29, 0.717) is 6.42 Å². The summed E-state index contributed by atoms with van der Waals surface area (Å²) in [6.45, 7) is 7.76. The molecule has 0 saturated carbocycles. The summed E-state index contributed by atoms with van der Waals surface area (Å²) >= 11 is 0. The summed E-state index contributed by atoms with van der Waals surface area (Å²) < 4.78 is 0. The van der Waals surface area contributed by atoms with Gasteiger partial charge >= 0.3 is 5.97 Å². The van der Waals surface area contributed by atoms with Crippen LogP contribution in [0.3, 0.4) is 0 Å². The Kier molecular flexibility index (Phi) is 12.8. The van der Waals surface area contributed by atoms with Gasteiger partial charge in [0, 0.05) is 25.2 Å². The zero-order valence-electron chi connectivity index (χ0n) is 25.0. The molecule has 3 N–H and O–H groups in total. The van der Waals surface area contributed by atoms with Crippen LogP contribution in [0.1, 0.15) is 65.0 Å². The minimum Gasteiger partial charge on any atom is -0.481 e. The van der Waals surface area contributed by atoms with Crippen LogP contribution in [-0.2, 0) is 41.6 Å². The van der Waals surface area contributed by atoms with Crippen molar-refractivity contribution in [3.8, 4) is 0 Å². The Morgan fingerprint density at radius 2 is 1.38 bits per heavy atom. The molecule has 0 aliphatic heterocycles. The SMILES string of the molecule is CC[C@H](C)[C@H](NC(=O)C(=O)C(C)NC(=O)[C@@H](CC(=O)Cc1ccccc1)Cc1ccccc1)C(=O)CC(C)(C)C(=O)O. The number of benzene rings is 2. The van der Waals surface area contributed by atoms with Gasteiger partial charge in [-0.2, -0.15) is 0 Å². The highest BCUT2D eigenvalue weighted by molar-refractivity contribution is 6.38. The molecule has 0 spiro atoms. The number of carboxylic acids is 1. The lowest BCUT2D eigenvalue weighted by Gasteiger charge is -2.27. The number of Topliss-reactive ketones (excluding diaryl/α,β-unsaturated/α-hetero) is 3. The van der Waals surface area contributed by atoms with E-state index >= 15 is 0 Å². The lowest BCUT2D eigenvalue weighted by atomic mass is 9.82. The molecule has 1 unspecified atom stereocenters. The average molecular weight is 579 g/mol. The van der Waals surface area contributed by atoms with E-state index in [4.69, 9.17) is 0 Å². The second-order valence-electron chi connectivity index (χ2n) is 11.6. The number of carboxylic acid groups (broad SMARTS) is 1. The molecule has 2 aromatic rings. The topological polar surface area (TPSA) is 147 Å². The first-order valence-corrected chi connectivity index (χ1v) is 14.3. The largest absolute Gasteiger partial charge is 0.481 e. The van der Waals surface area contributed by atoms with Gasteiger partial charge in [-0.05, 0) is 44.2 Å². The normalized spacial score (nSPS) is 14.1. The van der Waals surface area contributed by atoms with Crippen LogP contribution in [0.5, 0.6) is 0 Å². The van der Waals surface area contributed by atoms with E-state index in [2.05, 4.69) is 10.6 Å². The Morgan fingerprint density at radius 1 is 0.833 bits per heavy atom. The number of ketones is 3. The lowest BCUT2D eigenvalue weighted by Crippen LogP contribution is -2.53. The first-order chi connectivity index (χ1) is 19.7. The van der Waals surface area contributed by atoms with Crippen molar-refractivity contribution in [2.45, 2.75) is 78.8 Å². The summed E-state index contributed by atoms with van der Waals surface area (Å²) in [5.41, 5.74) is 0.338. The Labute approximate surface area is 247 Å². The predicted octanol–water partition coefficient (Wildman–Crippen LogP) is 3.72. The number of aliphatic carboxylic acids is 1. The van der Waals surface area contributed by atoms with E-state index in [1.807, 2.05) is 67.6 Å². The fourth-order valence-electron chi connectivity index (χ4n) is 4.53. The molecular weight excluding hydrogens is 536 g/mol. The monoisotopic (exact) mass is 578 g/mol. The number of amides is 2. The Morgan fingerprint density at radius 3 is 1.90 bits per heavy atom. The van der Waals surface area contributed by atoms with Crippen molar-refractivity contribution in [1.82, 2.24) is 10.6 Å². The maximum absolute atomic E-state index is 13.3. The second kappa shape index (κ2) is 15.7. The Bertz CT molecular complexity index is 1260. The van der Waals surface area contributed by atoms with Gasteiger partial charge in [-0.15, -0.1) is 0 Å². The van der Waals surface area contributed by atoms with Gasteiger partial charge in [0.05, 0.1) is 17.5 Å². The summed E-state index contributed by atoms with van der Waals surface area (Å²) in [4.78, 5) is 76.6. The van der Waals surface area contributed by atoms with Crippen molar-refractivity contribution in [1.29, 1.82) is 0 Å². The predicted molar refractivity (Wildman–Crippen MR) is 158 cm³/mol. The molecule has 0 aliphatic carbocycles. The number of hydrogen-bond donors (Lipinski definition) is 3. The van der Waals surface area contributed by atoms with E-state index in [9.17, 15) is 33.9 Å². The molecule has 4 atom stereocenters. The maximum atomic E-state index is 13.3. The summed E-state index contributed by atoms with van der Waals surface area (Å²) in [6.07, 6.45) is 0.566. The summed E-state index contributed by atoms with van der Waals surface area (Å²) in [7, 11) is 0. The van der Waals surface area contributed by atoms with Crippen LogP contribution in [0.4, 0.5) is 0 Å². The lowest BCUT2D eigenvalue weighted by molar-refractivity contribution is -0.150. The first-order valence-electron chi connectivity index (χ1n) is 14.3. The highest BCUT2D eigenvalue weighted by atomic mass is 16.4. The van der Waals surface area contributed by atoms with Gasteiger partial charge in [-0.1, -0.05) is 80.9 Å². The Balaban J connectivity index is 2.12. The fraction of sp³-hybridized carbons (Fsp3) is 0.455.